The van der Waals surface area contributed by atoms with Crippen molar-refractivity contribution >= 4 is 11.7 Å². The van der Waals surface area contributed by atoms with Crippen molar-refractivity contribution in [1.29, 1.82) is 0 Å². The fraction of sp³-hybridized carbons (Fsp3) is 0.500. The van der Waals surface area contributed by atoms with Crippen molar-refractivity contribution in [3.63, 3.8) is 0 Å². The number of nitrogens with zero attached hydrogens (tertiary/aromatic N) is 1. The molecule has 0 atom stereocenters. The zero-order chi connectivity index (χ0) is 13.2. The molecule has 0 radical (unpaired) electrons. The molecule has 0 bridgehead atoms. The van der Waals surface area contributed by atoms with Gasteiger partial charge in [-0.1, -0.05) is 6.07 Å². The van der Waals surface area contributed by atoms with E-state index >= 15 is 0 Å². The number of rotatable bonds is 4. The quantitative estimate of drug-likeness (QED) is 0.870. The Morgan fingerprint density at radius 1 is 1.18 bits per heavy atom. The fourth-order valence-corrected chi connectivity index (χ4v) is 2.19. The van der Waals surface area contributed by atoms with Gasteiger partial charge < -0.3 is 10.0 Å². The standard InChI is InChI=1S/C14H21NO2/c1-9(2)15(10(3)4)12-7-6-11(5)13(8-12)14(16)17/h6-10H,1-5H3,(H,16,17). The molecule has 1 N–H and O–H groups in total. The smallest absolute Gasteiger partial charge is 0.336 e. The highest BCUT2D eigenvalue weighted by atomic mass is 16.4. The highest BCUT2D eigenvalue weighted by molar-refractivity contribution is 5.90. The highest BCUT2D eigenvalue weighted by Crippen LogP contribution is 2.23. The average Bonchev–Trinajstić information content (AvgIpc) is 2.19. The number of aryl methyl sites for hydroxylation is 1. The van der Waals surface area contributed by atoms with Crippen molar-refractivity contribution in [1.82, 2.24) is 0 Å². The Labute approximate surface area is 103 Å². The molecule has 17 heavy (non-hydrogen) atoms. The molecule has 0 aliphatic rings. The van der Waals surface area contributed by atoms with E-state index in [0.29, 0.717) is 17.6 Å². The minimum atomic E-state index is -0.864. The highest BCUT2D eigenvalue weighted by Gasteiger charge is 2.16. The zero-order valence-corrected chi connectivity index (χ0v) is 11.2. The Hall–Kier alpha value is -1.51. The summed E-state index contributed by atoms with van der Waals surface area (Å²) in [6.45, 7) is 10.3. The molecule has 0 heterocycles. The summed E-state index contributed by atoms with van der Waals surface area (Å²) >= 11 is 0. The molecule has 1 aromatic rings. The second-order valence-electron chi connectivity index (χ2n) is 4.90. The summed E-state index contributed by atoms with van der Waals surface area (Å²) in [7, 11) is 0. The van der Waals surface area contributed by atoms with E-state index in [1.165, 1.54) is 0 Å². The Morgan fingerprint density at radius 3 is 2.12 bits per heavy atom. The van der Waals surface area contributed by atoms with E-state index in [1.807, 2.05) is 19.1 Å². The number of anilines is 1. The van der Waals surface area contributed by atoms with Crippen molar-refractivity contribution in [3.8, 4) is 0 Å². The predicted molar refractivity (Wildman–Crippen MR) is 70.9 cm³/mol. The Kier molecular flexibility index (Phi) is 4.16. The summed E-state index contributed by atoms with van der Waals surface area (Å²) in [4.78, 5) is 13.3. The molecule has 0 spiro atoms. The first-order valence-electron chi connectivity index (χ1n) is 5.97. The predicted octanol–water partition coefficient (Wildman–Crippen LogP) is 3.32. The summed E-state index contributed by atoms with van der Waals surface area (Å²) in [6, 6.07) is 6.31. The third kappa shape index (κ3) is 2.99. The second-order valence-corrected chi connectivity index (χ2v) is 4.90. The van der Waals surface area contributed by atoms with Gasteiger partial charge in [0.1, 0.15) is 0 Å². The summed E-state index contributed by atoms with van der Waals surface area (Å²) < 4.78 is 0. The van der Waals surface area contributed by atoms with E-state index in [2.05, 4.69) is 32.6 Å². The number of carboxylic acids is 1. The number of hydrogen-bond donors (Lipinski definition) is 1. The van der Waals surface area contributed by atoms with Gasteiger partial charge in [-0.25, -0.2) is 4.79 Å². The number of hydrogen-bond acceptors (Lipinski definition) is 2. The molecule has 0 amide bonds. The third-order valence-electron chi connectivity index (χ3n) is 2.86. The van der Waals surface area contributed by atoms with E-state index in [0.717, 1.165) is 11.3 Å². The maximum absolute atomic E-state index is 11.1. The molecule has 0 saturated heterocycles. The summed E-state index contributed by atoms with van der Waals surface area (Å²) in [5.41, 5.74) is 2.15. The molecule has 0 aliphatic carbocycles. The van der Waals surface area contributed by atoms with Crippen LogP contribution < -0.4 is 4.90 Å². The largest absolute Gasteiger partial charge is 0.478 e. The molecule has 0 unspecified atom stereocenters. The molecule has 3 heteroatoms. The lowest BCUT2D eigenvalue weighted by Crippen LogP contribution is -2.37. The van der Waals surface area contributed by atoms with Crippen LogP contribution in [0.3, 0.4) is 0 Å². The van der Waals surface area contributed by atoms with Crippen LogP contribution in [-0.2, 0) is 0 Å². The van der Waals surface area contributed by atoms with Crippen LogP contribution in [-0.4, -0.2) is 23.2 Å². The molecule has 0 aliphatic heterocycles. The van der Waals surface area contributed by atoms with Gasteiger partial charge in [0.15, 0.2) is 0 Å². The van der Waals surface area contributed by atoms with Crippen molar-refractivity contribution in [3.05, 3.63) is 29.3 Å². The zero-order valence-electron chi connectivity index (χ0n) is 11.2. The van der Waals surface area contributed by atoms with Gasteiger partial charge in [-0.05, 0) is 52.3 Å². The van der Waals surface area contributed by atoms with Crippen LogP contribution in [0.5, 0.6) is 0 Å². The van der Waals surface area contributed by atoms with E-state index in [-0.39, 0.29) is 0 Å². The van der Waals surface area contributed by atoms with Gasteiger partial charge in [-0.15, -0.1) is 0 Å². The molecule has 0 aromatic heterocycles. The summed E-state index contributed by atoms with van der Waals surface area (Å²) in [5, 5.41) is 9.13. The van der Waals surface area contributed by atoms with E-state index < -0.39 is 5.97 Å². The van der Waals surface area contributed by atoms with Crippen molar-refractivity contribution in [2.24, 2.45) is 0 Å². The molecule has 94 valence electrons. The SMILES string of the molecule is Cc1ccc(N(C(C)C)C(C)C)cc1C(=O)O. The van der Waals surface area contributed by atoms with Crippen LogP contribution in [0, 0.1) is 6.92 Å². The minimum Gasteiger partial charge on any atom is -0.478 e. The van der Waals surface area contributed by atoms with E-state index in [1.54, 1.807) is 6.07 Å². The van der Waals surface area contributed by atoms with Crippen LogP contribution in [0.2, 0.25) is 0 Å². The maximum atomic E-state index is 11.1. The Bertz CT molecular complexity index is 403. The lowest BCUT2D eigenvalue weighted by atomic mass is 10.1. The molecule has 0 fully saturated rings. The van der Waals surface area contributed by atoms with Crippen LogP contribution in [0.15, 0.2) is 18.2 Å². The van der Waals surface area contributed by atoms with Crippen LogP contribution in [0.4, 0.5) is 5.69 Å². The Balaban J connectivity index is 3.22. The molecular formula is C14H21NO2. The van der Waals surface area contributed by atoms with Gasteiger partial charge >= 0.3 is 5.97 Å². The van der Waals surface area contributed by atoms with Crippen molar-refractivity contribution < 1.29 is 9.90 Å². The Morgan fingerprint density at radius 2 is 1.71 bits per heavy atom. The third-order valence-corrected chi connectivity index (χ3v) is 2.86. The van der Waals surface area contributed by atoms with Crippen LogP contribution >= 0.6 is 0 Å². The van der Waals surface area contributed by atoms with Gasteiger partial charge in [0, 0.05) is 17.8 Å². The first kappa shape index (κ1) is 13.6. The van der Waals surface area contributed by atoms with Crippen LogP contribution in [0.1, 0.15) is 43.6 Å². The van der Waals surface area contributed by atoms with E-state index in [9.17, 15) is 4.79 Å². The van der Waals surface area contributed by atoms with Gasteiger partial charge in [0.25, 0.3) is 0 Å². The first-order valence-corrected chi connectivity index (χ1v) is 5.97. The number of benzene rings is 1. The molecule has 0 saturated carbocycles. The van der Waals surface area contributed by atoms with Gasteiger partial charge in [-0.3, -0.25) is 0 Å². The minimum absolute atomic E-state index is 0.347. The van der Waals surface area contributed by atoms with Crippen LogP contribution in [0.25, 0.3) is 0 Å². The fourth-order valence-electron chi connectivity index (χ4n) is 2.19. The van der Waals surface area contributed by atoms with Gasteiger partial charge in [0.2, 0.25) is 0 Å². The number of carboxylic acid groups (broad SMARTS) is 1. The van der Waals surface area contributed by atoms with Gasteiger partial charge in [0.05, 0.1) is 5.56 Å². The first-order chi connectivity index (χ1) is 7.84. The normalized spacial score (nSPS) is 11.0. The second kappa shape index (κ2) is 5.21. The van der Waals surface area contributed by atoms with Crippen molar-refractivity contribution in [2.45, 2.75) is 46.7 Å². The van der Waals surface area contributed by atoms with Gasteiger partial charge in [-0.2, -0.15) is 0 Å². The summed E-state index contributed by atoms with van der Waals surface area (Å²) in [5.74, 6) is -0.864. The topological polar surface area (TPSA) is 40.5 Å². The summed E-state index contributed by atoms with van der Waals surface area (Å²) in [6.07, 6.45) is 0. The molecular weight excluding hydrogens is 214 g/mol. The molecule has 3 nitrogen and oxygen atoms in total. The lowest BCUT2D eigenvalue weighted by Gasteiger charge is -2.33. The molecule has 1 rings (SSSR count). The maximum Gasteiger partial charge on any atom is 0.336 e. The van der Waals surface area contributed by atoms with E-state index in [4.69, 9.17) is 5.11 Å². The molecule has 1 aromatic carbocycles. The monoisotopic (exact) mass is 235 g/mol. The van der Waals surface area contributed by atoms with Crippen molar-refractivity contribution in [2.75, 3.05) is 4.90 Å². The average molecular weight is 235 g/mol. The lowest BCUT2D eigenvalue weighted by molar-refractivity contribution is 0.0696. The number of carbonyl (C=O) groups is 1. The number of aromatic carboxylic acids is 1.